The minimum atomic E-state index is -0.485. The van der Waals surface area contributed by atoms with E-state index in [0.717, 1.165) is 11.6 Å². The maximum absolute atomic E-state index is 13.1. The van der Waals surface area contributed by atoms with Gasteiger partial charge < -0.3 is 4.74 Å². The van der Waals surface area contributed by atoms with Crippen LogP contribution in [-0.2, 0) is 11.3 Å². The van der Waals surface area contributed by atoms with Crippen LogP contribution in [0.1, 0.15) is 15.9 Å². The number of aromatic nitrogens is 1. The summed E-state index contributed by atoms with van der Waals surface area (Å²) < 4.78 is 18.1. The summed E-state index contributed by atoms with van der Waals surface area (Å²) in [5.41, 5.74) is 1.08. The topological polar surface area (TPSA) is 63.6 Å². The Morgan fingerprint density at radius 1 is 1.38 bits per heavy atom. The predicted octanol–water partition coefficient (Wildman–Crippen LogP) is 2.15. The standard InChI is InChI=1S/C15H14FN3O2/c1-21-15(18-10-11-4-3-7-17-9-11)19-14(20)12-5-2-6-13(16)8-12/h2-9H,10H2,1H3,(H,18,19,20). The van der Waals surface area contributed by atoms with E-state index >= 15 is 0 Å². The first-order chi connectivity index (χ1) is 10.2. The van der Waals surface area contributed by atoms with Crippen molar-refractivity contribution < 1.29 is 13.9 Å². The largest absolute Gasteiger partial charge is 0.468 e. The van der Waals surface area contributed by atoms with Gasteiger partial charge in [0.05, 0.1) is 13.7 Å². The molecule has 1 aromatic carbocycles. The van der Waals surface area contributed by atoms with Gasteiger partial charge in [-0.15, -0.1) is 0 Å². The van der Waals surface area contributed by atoms with Gasteiger partial charge in [-0.25, -0.2) is 9.38 Å². The Bertz CT molecular complexity index is 644. The zero-order valence-corrected chi connectivity index (χ0v) is 11.4. The lowest BCUT2D eigenvalue weighted by atomic mass is 10.2. The van der Waals surface area contributed by atoms with Gasteiger partial charge in [-0.3, -0.25) is 15.1 Å². The van der Waals surface area contributed by atoms with E-state index in [0.29, 0.717) is 6.54 Å². The number of methoxy groups -OCH3 is 1. The van der Waals surface area contributed by atoms with Crippen molar-refractivity contribution in [1.29, 1.82) is 0 Å². The number of carbonyl (C=O) groups is 1. The lowest BCUT2D eigenvalue weighted by Gasteiger charge is -2.07. The Morgan fingerprint density at radius 3 is 2.90 bits per heavy atom. The molecule has 5 nitrogen and oxygen atoms in total. The van der Waals surface area contributed by atoms with E-state index < -0.39 is 11.7 Å². The molecule has 1 heterocycles. The van der Waals surface area contributed by atoms with Crippen LogP contribution in [0.3, 0.4) is 0 Å². The van der Waals surface area contributed by atoms with Crippen LogP contribution >= 0.6 is 0 Å². The first kappa shape index (κ1) is 14.6. The van der Waals surface area contributed by atoms with E-state index in [9.17, 15) is 9.18 Å². The third-order valence-corrected chi connectivity index (χ3v) is 2.63. The zero-order chi connectivity index (χ0) is 15.1. The quantitative estimate of drug-likeness (QED) is 0.695. The van der Waals surface area contributed by atoms with Gasteiger partial charge in [0.15, 0.2) is 0 Å². The van der Waals surface area contributed by atoms with Crippen molar-refractivity contribution in [3.05, 3.63) is 65.7 Å². The number of benzene rings is 1. The van der Waals surface area contributed by atoms with Crippen LogP contribution in [0.5, 0.6) is 0 Å². The molecule has 2 aromatic rings. The lowest BCUT2D eigenvalue weighted by molar-refractivity contribution is 0.0968. The van der Waals surface area contributed by atoms with E-state index in [1.807, 2.05) is 6.07 Å². The van der Waals surface area contributed by atoms with Gasteiger partial charge in [0.2, 0.25) is 0 Å². The van der Waals surface area contributed by atoms with E-state index in [-0.39, 0.29) is 11.6 Å². The molecule has 2 rings (SSSR count). The third kappa shape index (κ3) is 4.38. The molecule has 0 bridgehead atoms. The van der Waals surface area contributed by atoms with Gasteiger partial charge in [0, 0.05) is 18.0 Å². The third-order valence-electron chi connectivity index (χ3n) is 2.63. The van der Waals surface area contributed by atoms with Crippen molar-refractivity contribution in [1.82, 2.24) is 10.3 Å². The number of amides is 1. The van der Waals surface area contributed by atoms with Gasteiger partial charge >= 0.3 is 0 Å². The predicted molar refractivity (Wildman–Crippen MR) is 76.3 cm³/mol. The Labute approximate surface area is 121 Å². The molecule has 0 radical (unpaired) electrons. The number of nitrogens with one attached hydrogen (secondary N) is 1. The molecular formula is C15H14FN3O2. The number of amidine groups is 1. The van der Waals surface area contributed by atoms with Crippen LogP contribution in [0.2, 0.25) is 0 Å². The van der Waals surface area contributed by atoms with E-state index in [1.165, 1.54) is 25.3 Å². The number of pyridine rings is 1. The fourth-order valence-corrected chi connectivity index (χ4v) is 1.61. The monoisotopic (exact) mass is 287 g/mol. The first-order valence-electron chi connectivity index (χ1n) is 6.23. The van der Waals surface area contributed by atoms with Gasteiger partial charge in [-0.2, -0.15) is 0 Å². The summed E-state index contributed by atoms with van der Waals surface area (Å²) in [5, 5.41) is 2.48. The van der Waals surface area contributed by atoms with E-state index in [2.05, 4.69) is 15.3 Å². The average molecular weight is 287 g/mol. The summed E-state index contributed by atoms with van der Waals surface area (Å²) in [6.07, 6.45) is 3.33. The normalized spacial score (nSPS) is 11.0. The summed E-state index contributed by atoms with van der Waals surface area (Å²) >= 11 is 0. The number of ether oxygens (including phenoxy) is 1. The summed E-state index contributed by atoms with van der Waals surface area (Å²) in [6.45, 7) is 0.320. The molecule has 21 heavy (non-hydrogen) atoms. The smallest absolute Gasteiger partial charge is 0.291 e. The van der Waals surface area contributed by atoms with Gasteiger partial charge in [0.1, 0.15) is 5.82 Å². The number of hydrogen-bond acceptors (Lipinski definition) is 4. The highest BCUT2D eigenvalue weighted by Crippen LogP contribution is 2.03. The molecule has 0 aliphatic carbocycles. The van der Waals surface area contributed by atoms with Crippen molar-refractivity contribution in [3.63, 3.8) is 0 Å². The molecule has 108 valence electrons. The summed E-state index contributed by atoms with van der Waals surface area (Å²) in [4.78, 5) is 20.0. The summed E-state index contributed by atoms with van der Waals surface area (Å²) in [6, 6.07) is 9.10. The zero-order valence-electron chi connectivity index (χ0n) is 11.4. The summed E-state index contributed by atoms with van der Waals surface area (Å²) in [7, 11) is 1.40. The van der Waals surface area contributed by atoms with Crippen LogP contribution in [-0.4, -0.2) is 24.0 Å². The van der Waals surface area contributed by atoms with Crippen LogP contribution in [0, 0.1) is 5.82 Å². The van der Waals surface area contributed by atoms with Gasteiger partial charge in [0.25, 0.3) is 11.9 Å². The maximum atomic E-state index is 13.1. The van der Waals surface area contributed by atoms with Gasteiger partial charge in [-0.05, 0) is 29.8 Å². The average Bonchev–Trinajstić information content (AvgIpc) is 2.52. The number of hydrogen-bond donors (Lipinski definition) is 1. The first-order valence-corrected chi connectivity index (χ1v) is 6.23. The number of aliphatic imine (C=N–C) groups is 1. The Hall–Kier alpha value is -2.76. The fourth-order valence-electron chi connectivity index (χ4n) is 1.61. The molecule has 1 amide bonds. The molecule has 1 N–H and O–H groups in total. The molecule has 0 saturated heterocycles. The molecule has 0 fully saturated rings. The number of halogens is 1. The Kier molecular flexibility index (Phi) is 4.98. The molecule has 0 aliphatic heterocycles. The minimum Gasteiger partial charge on any atom is -0.468 e. The second kappa shape index (κ2) is 7.14. The molecule has 6 heteroatoms. The molecule has 0 spiro atoms. The van der Waals surface area contributed by atoms with Crippen molar-refractivity contribution in [2.45, 2.75) is 6.54 Å². The van der Waals surface area contributed by atoms with E-state index in [1.54, 1.807) is 18.5 Å². The molecule has 0 unspecified atom stereocenters. The van der Waals surface area contributed by atoms with Crippen LogP contribution in [0.15, 0.2) is 53.8 Å². The molecule has 0 atom stereocenters. The summed E-state index contributed by atoms with van der Waals surface area (Å²) in [5.74, 6) is -0.963. The van der Waals surface area contributed by atoms with Crippen LogP contribution in [0.25, 0.3) is 0 Å². The lowest BCUT2D eigenvalue weighted by Crippen LogP contribution is -2.31. The second-order valence-electron chi connectivity index (χ2n) is 4.15. The SMILES string of the molecule is COC(=NCc1cccnc1)NC(=O)c1cccc(F)c1. The number of carbonyl (C=O) groups excluding carboxylic acids is 1. The second-order valence-corrected chi connectivity index (χ2v) is 4.15. The van der Waals surface area contributed by atoms with Gasteiger partial charge in [-0.1, -0.05) is 12.1 Å². The van der Waals surface area contributed by atoms with Crippen molar-refractivity contribution in [2.75, 3.05) is 7.11 Å². The van der Waals surface area contributed by atoms with Crippen molar-refractivity contribution >= 4 is 11.9 Å². The minimum absolute atomic E-state index is 0.0631. The van der Waals surface area contributed by atoms with Crippen molar-refractivity contribution in [2.24, 2.45) is 4.99 Å². The number of rotatable bonds is 3. The highest BCUT2D eigenvalue weighted by atomic mass is 19.1. The maximum Gasteiger partial charge on any atom is 0.291 e. The molecule has 0 aliphatic rings. The van der Waals surface area contributed by atoms with Crippen LogP contribution < -0.4 is 5.32 Å². The Balaban J connectivity index is 2.03. The molecule has 0 saturated carbocycles. The fraction of sp³-hybridized carbons (Fsp3) is 0.133. The van der Waals surface area contributed by atoms with E-state index in [4.69, 9.17) is 4.74 Å². The Morgan fingerprint density at radius 2 is 2.24 bits per heavy atom. The number of nitrogens with zero attached hydrogens (tertiary/aromatic N) is 2. The molecular weight excluding hydrogens is 273 g/mol. The van der Waals surface area contributed by atoms with Crippen molar-refractivity contribution in [3.8, 4) is 0 Å². The molecule has 1 aromatic heterocycles. The highest BCUT2D eigenvalue weighted by Gasteiger charge is 2.09. The van der Waals surface area contributed by atoms with Crippen LogP contribution in [0.4, 0.5) is 4.39 Å². The highest BCUT2D eigenvalue weighted by molar-refractivity contribution is 6.04.